The Bertz CT molecular complexity index is 943. The highest BCUT2D eigenvalue weighted by atomic mass is 35.5. The molecule has 3 rings (SSSR count). The van der Waals surface area contributed by atoms with Crippen LogP contribution in [0.3, 0.4) is 0 Å². The molecule has 0 saturated carbocycles. The van der Waals surface area contributed by atoms with Crippen LogP contribution in [0.5, 0.6) is 5.75 Å². The predicted octanol–water partition coefficient (Wildman–Crippen LogP) is 4.97. The number of halogens is 1. The Hall–Kier alpha value is -2.35. The van der Waals surface area contributed by atoms with E-state index in [1.165, 1.54) is 11.8 Å². The second-order valence-corrected chi connectivity index (χ2v) is 8.38. The van der Waals surface area contributed by atoms with Gasteiger partial charge in [-0.1, -0.05) is 47.7 Å². The summed E-state index contributed by atoms with van der Waals surface area (Å²) in [7, 11) is 1.61. The van der Waals surface area contributed by atoms with Crippen molar-refractivity contribution in [2.45, 2.75) is 12.8 Å². The summed E-state index contributed by atoms with van der Waals surface area (Å²) in [5, 5.41) is 3.42. The molecule has 150 valence electrons. The normalized spacial score (nSPS) is 15.1. The number of thiocarbonyl (C=S) groups is 1. The van der Waals surface area contributed by atoms with Gasteiger partial charge in [0.2, 0.25) is 5.91 Å². The van der Waals surface area contributed by atoms with E-state index in [1.807, 2.05) is 30.3 Å². The van der Waals surface area contributed by atoms with Crippen LogP contribution in [-0.2, 0) is 9.59 Å². The second-order valence-electron chi connectivity index (χ2n) is 6.27. The van der Waals surface area contributed by atoms with Crippen molar-refractivity contribution in [2.75, 3.05) is 19.0 Å². The molecule has 0 aliphatic carbocycles. The highest BCUT2D eigenvalue weighted by molar-refractivity contribution is 8.26. The number of ether oxygens (including phenoxy) is 1. The van der Waals surface area contributed by atoms with E-state index >= 15 is 0 Å². The number of nitrogens with one attached hydrogen (secondary N) is 1. The minimum Gasteiger partial charge on any atom is -0.497 e. The largest absolute Gasteiger partial charge is 0.497 e. The van der Waals surface area contributed by atoms with Crippen LogP contribution in [-0.4, -0.2) is 34.7 Å². The van der Waals surface area contributed by atoms with E-state index in [4.69, 9.17) is 28.6 Å². The van der Waals surface area contributed by atoms with Crippen LogP contribution >= 0.6 is 35.6 Å². The highest BCUT2D eigenvalue weighted by Gasteiger charge is 2.31. The summed E-state index contributed by atoms with van der Waals surface area (Å²) in [6, 6.07) is 14.4. The second kappa shape index (κ2) is 9.91. The SMILES string of the molecule is COc1ccc(/C=C2\SC(=S)N(CCCC(=O)Nc3ccc(Cl)cc3)C2=O)cc1. The Morgan fingerprint density at radius 3 is 2.55 bits per heavy atom. The fourth-order valence-corrected chi connectivity index (χ4v) is 4.13. The molecule has 0 spiro atoms. The number of carbonyl (C=O) groups is 2. The van der Waals surface area contributed by atoms with Crippen molar-refractivity contribution < 1.29 is 14.3 Å². The average molecular weight is 447 g/mol. The van der Waals surface area contributed by atoms with E-state index in [0.29, 0.717) is 32.9 Å². The van der Waals surface area contributed by atoms with Crippen molar-refractivity contribution >= 4 is 63.5 Å². The van der Waals surface area contributed by atoms with Crippen LogP contribution in [0.2, 0.25) is 5.02 Å². The third-order valence-corrected chi connectivity index (χ3v) is 5.83. The molecule has 0 radical (unpaired) electrons. The van der Waals surface area contributed by atoms with Gasteiger partial charge in [-0.2, -0.15) is 0 Å². The van der Waals surface area contributed by atoms with Crippen LogP contribution in [0.1, 0.15) is 18.4 Å². The molecule has 2 aromatic carbocycles. The van der Waals surface area contributed by atoms with Gasteiger partial charge in [-0.25, -0.2) is 0 Å². The fraction of sp³-hybridized carbons (Fsp3) is 0.190. The molecule has 0 bridgehead atoms. The molecule has 29 heavy (non-hydrogen) atoms. The lowest BCUT2D eigenvalue weighted by Gasteiger charge is -2.14. The van der Waals surface area contributed by atoms with Crippen molar-refractivity contribution in [3.05, 3.63) is 64.0 Å². The molecule has 1 heterocycles. The van der Waals surface area contributed by atoms with Gasteiger partial charge < -0.3 is 10.1 Å². The van der Waals surface area contributed by atoms with Crippen molar-refractivity contribution in [1.29, 1.82) is 0 Å². The first-order valence-corrected chi connectivity index (χ1v) is 10.5. The molecule has 5 nitrogen and oxygen atoms in total. The van der Waals surface area contributed by atoms with Gasteiger partial charge in [0.25, 0.3) is 5.91 Å². The van der Waals surface area contributed by atoms with Gasteiger partial charge in [0.1, 0.15) is 10.1 Å². The zero-order chi connectivity index (χ0) is 20.8. The van der Waals surface area contributed by atoms with E-state index in [0.717, 1.165) is 11.3 Å². The number of hydrogen-bond donors (Lipinski definition) is 1. The van der Waals surface area contributed by atoms with Gasteiger partial charge in [-0.05, 0) is 54.5 Å². The Morgan fingerprint density at radius 1 is 1.21 bits per heavy atom. The highest BCUT2D eigenvalue weighted by Crippen LogP contribution is 2.33. The minimum absolute atomic E-state index is 0.119. The summed E-state index contributed by atoms with van der Waals surface area (Å²) in [6.45, 7) is 0.401. The summed E-state index contributed by atoms with van der Waals surface area (Å²) in [5.41, 5.74) is 1.58. The van der Waals surface area contributed by atoms with Crippen molar-refractivity contribution in [1.82, 2.24) is 4.90 Å². The zero-order valence-corrected chi connectivity index (χ0v) is 18.1. The van der Waals surface area contributed by atoms with Crippen LogP contribution in [0.4, 0.5) is 5.69 Å². The molecule has 1 aliphatic rings. The molecule has 1 N–H and O–H groups in total. The van der Waals surface area contributed by atoms with Crippen molar-refractivity contribution in [3.8, 4) is 5.75 Å². The number of nitrogens with zero attached hydrogens (tertiary/aromatic N) is 1. The number of carbonyl (C=O) groups excluding carboxylic acids is 2. The lowest BCUT2D eigenvalue weighted by molar-refractivity contribution is -0.122. The van der Waals surface area contributed by atoms with Crippen LogP contribution in [0.25, 0.3) is 6.08 Å². The van der Waals surface area contributed by atoms with Crippen molar-refractivity contribution in [3.63, 3.8) is 0 Å². The third-order valence-electron chi connectivity index (χ3n) is 4.20. The molecule has 1 fully saturated rings. The number of benzene rings is 2. The van der Waals surface area contributed by atoms with Crippen molar-refractivity contribution in [2.24, 2.45) is 0 Å². The molecule has 1 aliphatic heterocycles. The van der Waals surface area contributed by atoms with E-state index in [-0.39, 0.29) is 18.2 Å². The maximum absolute atomic E-state index is 12.7. The first-order chi connectivity index (χ1) is 14.0. The van der Waals surface area contributed by atoms with Crippen LogP contribution in [0.15, 0.2) is 53.4 Å². The number of thioether (sulfide) groups is 1. The number of methoxy groups -OCH3 is 1. The first kappa shape index (κ1) is 21.4. The Morgan fingerprint density at radius 2 is 1.90 bits per heavy atom. The number of anilines is 1. The Kier molecular flexibility index (Phi) is 7.30. The van der Waals surface area contributed by atoms with Gasteiger partial charge in [0, 0.05) is 23.7 Å². The van der Waals surface area contributed by atoms with Crippen LogP contribution < -0.4 is 10.1 Å². The summed E-state index contributed by atoms with van der Waals surface area (Å²) >= 11 is 12.4. The average Bonchev–Trinajstić information content (AvgIpc) is 2.97. The number of hydrogen-bond acceptors (Lipinski definition) is 5. The molecule has 0 aromatic heterocycles. The number of amides is 2. The summed E-state index contributed by atoms with van der Waals surface area (Å²) in [5.74, 6) is 0.507. The standard InChI is InChI=1S/C21H19ClN2O3S2/c1-27-17-10-4-14(5-11-17)13-18-20(26)24(21(28)29-18)12-2-3-19(25)23-16-8-6-15(22)7-9-16/h4-11,13H,2-3,12H2,1H3,(H,23,25)/b18-13-. The summed E-state index contributed by atoms with van der Waals surface area (Å²) in [4.78, 5) is 26.9. The molecule has 0 atom stereocenters. The molecular formula is C21H19ClN2O3S2. The summed E-state index contributed by atoms with van der Waals surface area (Å²) in [6.07, 6.45) is 2.62. The third kappa shape index (κ3) is 5.82. The summed E-state index contributed by atoms with van der Waals surface area (Å²) < 4.78 is 5.65. The van der Waals surface area contributed by atoms with Gasteiger partial charge in [-0.3, -0.25) is 14.5 Å². The molecule has 2 aromatic rings. The van der Waals surface area contributed by atoms with Gasteiger partial charge >= 0.3 is 0 Å². The van der Waals surface area contributed by atoms with Crippen LogP contribution in [0, 0.1) is 0 Å². The van der Waals surface area contributed by atoms with Gasteiger partial charge in [0.15, 0.2) is 0 Å². The lowest BCUT2D eigenvalue weighted by Crippen LogP contribution is -2.29. The maximum Gasteiger partial charge on any atom is 0.266 e. The molecular weight excluding hydrogens is 428 g/mol. The smallest absolute Gasteiger partial charge is 0.266 e. The number of rotatable bonds is 7. The van der Waals surface area contributed by atoms with E-state index in [1.54, 1.807) is 36.3 Å². The van der Waals surface area contributed by atoms with Gasteiger partial charge in [0.05, 0.1) is 12.0 Å². The topological polar surface area (TPSA) is 58.6 Å². The molecule has 0 unspecified atom stereocenters. The predicted molar refractivity (Wildman–Crippen MR) is 122 cm³/mol. The van der Waals surface area contributed by atoms with Gasteiger partial charge in [-0.15, -0.1) is 0 Å². The monoisotopic (exact) mass is 446 g/mol. The van der Waals surface area contributed by atoms with E-state index in [2.05, 4.69) is 5.32 Å². The molecule has 2 amide bonds. The fourth-order valence-electron chi connectivity index (χ4n) is 2.70. The van der Waals surface area contributed by atoms with E-state index < -0.39 is 0 Å². The Labute approximate surface area is 184 Å². The first-order valence-electron chi connectivity index (χ1n) is 8.91. The maximum atomic E-state index is 12.7. The zero-order valence-electron chi connectivity index (χ0n) is 15.7. The molecule has 1 saturated heterocycles. The van der Waals surface area contributed by atoms with E-state index in [9.17, 15) is 9.59 Å². The quantitative estimate of drug-likeness (QED) is 0.480. The lowest BCUT2D eigenvalue weighted by atomic mass is 10.2. The molecule has 8 heteroatoms. The Balaban J connectivity index is 1.52. The minimum atomic E-state index is -0.131.